The van der Waals surface area contributed by atoms with Gasteiger partial charge < -0.3 is 5.32 Å². The molecule has 1 N–H and O–H groups in total. The zero-order chi connectivity index (χ0) is 26.8. The topological polar surface area (TPSA) is 104 Å². The third-order valence-electron chi connectivity index (χ3n) is 5.88. The van der Waals surface area contributed by atoms with Gasteiger partial charge in [0, 0.05) is 21.6 Å². The number of para-hydroxylation sites is 1. The van der Waals surface area contributed by atoms with Crippen LogP contribution in [-0.2, 0) is 24.4 Å². The van der Waals surface area contributed by atoms with Gasteiger partial charge in [0.2, 0.25) is 5.91 Å². The van der Waals surface area contributed by atoms with Gasteiger partial charge in [0.25, 0.3) is 5.56 Å². The van der Waals surface area contributed by atoms with Crippen LogP contribution in [0.2, 0.25) is 15.1 Å². The third-order valence-corrected chi connectivity index (χ3v) is 6.72. The molecule has 0 saturated carbocycles. The maximum absolute atomic E-state index is 13.5. The zero-order valence-corrected chi connectivity index (χ0v) is 21.9. The van der Waals surface area contributed by atoms with E-state index < -0.39 is 23.7 Å². The van der Waals surface area contributed by atoms with E-state index in [2.05, 4.69) is 15.6 Å². The summed E-state index contributed by atoms with van der Waals surface area (Å²) in [5.74, 6) is -0.522. The number of aromatic nitrogens is 5. The van der Waals surface area contributed by atoms with Crippen LogP contribution in [0.1, 0.15) is 11.3 Å². The molecule has 192 valence electrons. The summed E-state index contributed by atoms with van der Waals surface area (Å²) in [7, 11) is 0. The molecule has 0 radical (unpaired) electrons. The fraction of sp³-hybridized carbons (Fsp3) is 0.115. The molecule has 12 heteroatoms. The highest BCUT2D eigenvalue weighted by molar-refractivity contribution is 6.35. The van der Waals surface area contributed by atoms with Gasteiger partial charge >= 0.3 is 5.69 Å². The molecule has 0 saturated heterocycles. The van der Waals surface area contributed by atoms with E-state index in [4.69, 9.17) is 34.8 Å². The summed E-state index contributed by atoms with van der Waals surface area (Å²) in [5, 5.41) is 12.8. The first-order valence-electron chi connectivity index (χ1n) is 11.4. The van der Waals surface area contributed by atoms with Crippen LogP contribution in [0.4, 0.5) is 0 Å². The lowest BCUT2D eigenvalue weighted by Gasteiger charge is -2.13. The molecule has 5 rings (SSSR count). The molecule has 38 heavy (non-hydrogen) atoms. The molecule has 0 bridgehead atoms. The van der Waals surface area contributed by atoms with Crippen LogP contribution in [0.5, 0.6) is 0 Å². The van der Waals surface area contributed by atoms with Gasteiger partial charge in [0.05, 0.1) is 29.3 Å². The van der Waals surface area contributed by atoms with Crippen LogP contribution in [0.3, 0.4) is 0 Å². The molecule has 0 unspecified atom stereocenters. The minimum Gasteiger partial charge on any atom is -0.350 e. The smallest absolute Gasteiger partial charge is 0.332 e. The molecule has 5 aromatic rings. The van der Waals surface area contributed by atoms with Crippen LogP contribution in [0.25, 0.3) is 16.6 Å². The number of nitrogens with one attached hydrogen (secondary N) is 1. The number of carbonyl (C=O) groups is 1. The Morgan fingerprint density at radius 2 is 1.63 bits per heavy atom. The van der Waals surface area contributed by atoms with Crippen LogP contribution in [0.15, 0.2) is 82.5 Å². The molecule has 2 aromatic heterocycles. The molecule has 9 nitrogen and oxygen atoms in total. The highest BCUT2D eigenvalue weighted by Crippen LogP contribution is 2.20. The number of benzene rings is 3. The van der Waals surface area contributed by atoms with Gasteiger partial charge in [-0.05, 0) is 54.1 Å². The maximum Gasteiger partial charge on any atom is 0.332 e. The number of carbonyl (C=O) groups excluding carboxylic acids is 1. The number of rotatable bonds is 7. The Bertz CT molecular complexity index is 1780. The van der Waals surface area contributed by atoms with Crippen molar-refractivity contribution < 1.29 is 4.79 Å². The number of amides is 1. The number of halogens is 3. The van der Waals surface area contributed by atoms with Crippen molar-refractivity contribution in [3.63, 3.8) is 0 Å². The van der Waals surface area contributed by atoms with Gasteiger partial charge in [0.1, 0.15) is 12.2 Å². The Morgan fingerprint density at radius 1 is 0.895 bits per heavy atom. The number of hydrogen-bond acceptors (Lipinski definition) is 5. The maximum atomic E-state index is 13.5. The van der Waals surface area contributed by atoms with E-state index in [9.17, 15) is 14.4 Å². The summed E-state index contributed by atoms with van der Waals surface area (Å²) in [6, 6.07) is 18.7. The second kappa shape index (κ2) is 10.8. The molecule has 2 heterocycles. The van der Waals surface area contributed by atoms with Crippen molar-refractivity contribution in [1.29, 1.82) is 0 Å². The Labute approximate surface area is 230 Å². The van der Waals surface area contributed by atoms with Crippen molar-refractivity contribution >= 4 is 51.6 Å². The first-order chi connectivity index (χ1) is 18.3. The van der Waals surface area contributed by atoms with Gasteiger partial charge in [0.15, 0.2) is 0 Å². The summed E-state index contributed by atoms with van der Waals surface area (Å²) in [6.45, 7) is -0.320. The second-order valence-electron chi connectivity index (χ2n) is 8.42. The SMILES string of the molecule is O=C(Cn1c(=O)c2ccccc2n(Cc2cn(-c3ccc(Cl)cc3)nn2)c1=O)NCc1ccc(Cl)cc1Cl. The average Bonchev–Trinajstić information content (AvgIpc) is 3.37. The van der Waals surface area contributed by atoms with E-state index in [1.165, 1.54) is 4.57 Å². The summed E-state index contributed by atoms with van der Waals surface area (Å²) in [6.07, 6.45) is 1.68. The van der Waals surface area contributed by atoms with E-state index in [0.29, 0.717) is 37.2 Å². The Morgan fingerprint density at radius 3 is 2.39 bits per heavy atom. The van der Waals surface area contributed by atoms with Crippen molar-refractivity contribution in [3.8, 4) is 5.69 Å². The number of fused-ring (bicyclic) bond motifs is 1. The fourth-order valence-corrected chi connectivity index (χ4v) is 4.58. The normalized spacial score (nSPS) is 11.1. The number of nitrogens with zero attached hydrogens (tertiary/aromatic N) is 5. The van der Waals surface area contributed by atoms with E-state index >= 15 is 0 Å². The van der Waals surface area contributed by atoms with Gasteiger partial charge in [-0.1, -0.05) is 58.2 Å². The monoisotopic (exact) mass is 568 g/mol. The van der Waals surface area contributed by atoms with Crippen LogP contribution in [0, 0.1) is 0 Å². The molecular weight excluding hydrogens is 551 g/mol. The van der Waals surface area contributed by atoms with Crippen molar-refractivity contribution in [2.75, 3.05) is 0 Å². The molecule has 0 aliphatic rings. The average molecular weight is 570 g/mol. The predicted octanol–water partition coefficient (Wildman–Crippen LogP) is 4.07. The first kappa shape index (κ1) is 25.7. The van der Waals surface area contributed by atoms with Gasteiger partial charge in [-0.3, -0.25) is 18.7 Å². The molecule has 0 aliphatic heterocycles. The molecule has 0 atom stereocenters. The molecule has 0 fully saturated rings. The summed E-state index contributed by atoms with van der Waals surface area (Å²) >= 11 is 18.1. The Kier molecular flexibility index (Phi) is 7.33. The highest BCUT2D eigenvalue weighted by Gasteiger charge is 2.17. The second-order valence-corrected chi connectivity index (χ2v) is 9.70. The zero-order valence-electron chi connectivity index (χ0n) is 19.6. The van der Waals surface area contributed by atoms with E-state index in [-0.39, 0.29) is 13.1 Å². The Balaban J connectivity index is 1.44. The quantitative estimate of drug-likeness (QED) is 0.318. The molecule has 3 aromatic carbocycles. The first-order valence-corrected chi connectivity index (χ1v) is 12.5. The van der Waals surface area contributed by atoms with Gasteiger partial charge in [-0.2, -0.15) is 0 Å². The van der Waals surface area contributed by atoms with E-state index in [1.807, 2.05) is 0 Å². The van der Waals surface area contributed by atoms with Crippen LogP contribution < -0.4 is 16.6 Å². The summed E-state index contributed by atoms with van der Waals surface area (Å²) in [5.41, 5.74) is 1.09. The molecule has 1 amide bonds. The highest BCUT2D eigenvalue weighted by atomic mass is 35.5. The minimum absolute atomic E-state index is 0.0369. The standard InChI is InChI=1S/C26H19Cl3N6O3/c27-17-7-9-20(10-8-17)35-14-19(31-32-35)13-33-23-4-2-1-3-21(23)25(37)34(26(33)38)15-24(36)30-12-16-5-6-18(28)11-22(16)29/h1-11,14H,12-13,15H2,(H,30,36). The van der Waals surface area contributed by atoms with Gasteiger partial charge in [-0.25, -0.2) is 9.48 Å². The largest absolute Gasteiger partial charge is 0.350 e. The fourth-order valence-electron chi connectivity index (χ4n) is 3.97. The molecule has 0 spiro atoms. The van der Waals surface area contributed by atoms with E-state index in [1.54, 1.807) is 77.6 Å². The van der Waals surface area contributed by atoms with Gasteiger partial charge in [-0.15, -0.1) is 5.10 Å². The lowest BCUT2D eigenvalue weighted by molar-refractivity contribution is -0.121. The van der Waals surface area contributed by atoms with Crippen molar-refractivity contribution in [3.05, 3.63) is 120 Å². The van der Waals surface area contributed by atoms with Crippen molar-refractivity contribution in [2.24, 2.45) is 0 Å². The van der Waals surface area contributed by atoms with E-state index in [0.717, 1.165) is 10.3 Å². The summed E-state index contributed by atoms with van der Waals surface area (Å²) in [4.78, 5) is 39.4. The lowest BCUT2D eigenvalue weighted by atomic mass is 10.2. The van der Waals surface area contributed by atoms with Crippen molar-refractivity contribution in [1.82, 2.24) is 29.4 Å². The number of hydrogen-bond donors (Lipinski definition) is 1. The third kappa shape index (κ3) is 5.35. The Hall–Kier alpha value is -3.92. The summed E-state index contributed by atoms with van der Waals surface area (Å²) < 4.78 is 3.87. The van der Waals surface area contributed by atoms with Crippen LogP contribution in [-0.4, -0.2) is 30.0 Å². The minimum atomic E-state index is -0.644. The lowest BCUT2D eigenvalue weighted by Crippen LogP contribution is -2.44. The predicted molar refractivity (Wildman–Crippen MR) is 146 cm³/mol. The van der Waals surface area contributed by atoms with Crippen LogP contribution >= 0.6 is 34.8 Å². The molecular formula is C26H19Cl3N6O3. The van der Waals surface area contributed by atoms with Crippen molar-refractivity contribution in [2.45, 2.75) is 19.6 Å². The molecule has 0 aliphatic carbocycles.